The Morgan fingerprint density at radius 2 is 2.00 bits per heavy atom. The number of urea groups is 1. The lowest BCUT2D eigenvalue weighted by Gasteiger charge is -2.40. The Morgan fingerprint density at radius 3 is 2.83 bits per heavy atom. The number of nitrogens with zero attached hydrogens (tertiary/aromatic N) is 2. The van der Waals surface area contributed by atoms with Crippen LogP contribution in [0.2, 0.25) is 0 Å². The quantitative estimate of drug-likeness (QED) is 0.916. The second kappa shape index (κ2) is 6.07. The minimum absolute atomic E-state index is 0.0951. The van der Waals surface area contributed by atoms with Crippen LogP contribution in [0.25, 0.3) is 0 Å². The van der Waals surface area contributed by atoms with Crippen molar-refractivity contribution in [2.45, 2.75) is 18.9 Å². The van der Waals surface area contributed by atoms with Crippen molar-refractivity contribution in [1.29, 1.82) is 0 Å². The third-order valence-corrected chi connectivity index (χ3v) is 4.82. The Bertz CT molecular complexity index is 762. The van der Waals surface area contributed by atoms with Gasteiger partial charge in [-0.25, -0.2) is 4.79 Å². The molecule has 24 heavy (non-hydrogen) atoms. The minimum atomic E-state index is -0.0951. The second-order valence-electron chi connectivity index (χ2n) is 6.25. The van der Waals surface area contributed by atoms with Gasteiger partial charge in [0.1, 0.15) is 5.75 Å². The summed E-state index contributed by atoms with van der Waals surface area (Å²) in [5, 5.41) is 3.00. The molecule has 1 unspecified atom stereocenters. The first-order valence-electron chi connectivity index (χ1n) is 8.34. The van der Waals surface area contributed by atoms with Gasteiger partial charge in [-0.05, 0) is 37.1 Å². The number of rotatable bonds is 2. The van der Waals surface area contributed by atoms with Crippen molar-refractivity contribution in [3.63, 3.8) is 0 Å². The maximum Gasteiger partial charge on any atom is 0.326 e. The molecule has 0 aliphatic carbocycles. The zero-order valence-corrected chi connectivity index (χ0v) is 13.7. The van der Waals surface area contributed by atoms with E-state index in [1.807, 2.05) is 47.4 Å². The molecule has 1 N–H and O–H groups in total. The van der Waals surface area contributed by atoms with E-state index < -0.39 is 0 Å². The number of ether oxygens (including phenoxy) is 1. The second-order valence-corrected chi connectivity index (χ2v) is 6.25. The van der Waals surface area contributed by atoms with Crippen LogP contribution in [0, 0.1) is 0 Å². The maximum atomic E-state index is 12.9. The average molecular weight is 323 g/mol. The summed E-state index contributed by atoms with van der Waals surface area (Å²) in [6, 6.07) is 15.9. The number of anilines is 3. The fourth-order valence-corrected chi connectivity index (χ4v) is 3.67. The minimum Gasteiger partial charge on any atom is -0.497 e. The van der Waals surface area contributed by atoms with Crippen LogP contribution in [-0.2, 0) is 0 Å². The molecule has 2 aliphatic heterocycles. The summed E-state index contributed by atoms with van der Waals surface area (Å²) in [7, 11) is 1.62. The average Bonchev–Trinajstić information content (AvgIpc) is 3.10. The standard InChI is InChI=1S/C19H21N3O2/c1-24-16-8-4-6-14(12-16)20-19(23)22-13-15-7-5-11-21(15)17-9-2-3-10-18(17)22/h2-4,6,8-10,12,15H,5,7,11,13H2,1H3,(H,20,23). The lowest BCUT2D eigenvalue weighted by atomic mass is 10.1. The summed E-state index contributed by atoms with van der Waals surface area (Å²) in [5.41, 5.74) is 2.88. The Morgan fingerprint density at radius 1 is 1.17 bits per heavy atom. The highest BCUT2D eigenvalue weighted by atomic mass is 16.5. The van der Waals surface area contributed by atoms with Gasteiger partial charge in [0.15, 0.2) is 0 Å². The van der Waals surface area contributed by atoms with E-state index in [0.29, 0.717) is 6.04 Å². The molecule has 0 spiro atoms. The number of para-hydroxylation sites is 2. The summed E-state index contributed by atoms with van der Waals surface area (Å²) in [4.78, 5) is 17.2. The van der Waals surface area contributed by atoms with Crippen LogP contribution < -0.4 is 19.9 Å². The van der Waals surface area contributed by atoms with E-state index in [1.165, 1.54) is 6.42 Å². The van der Waals surface area contributed by atoms with Crippen LogP contribution in [0.1, 0.15) is 12.8 Å². The molecule has 5 nitrogen and oxygen atoms in total. The predicted octanol–water partition coefficient (Wildman–Crippen LogP) is 3.72. The Balaban J connectivity index is 1.61. The number of carbonyl (C=O) groups excluding carboxylic acids is 1. The van der Waals surface area contributed by atoms with Crippen molar-refractivity contribution in [2.24, 2.45) is 0 Å². The number of benzene rings is 2. The Labute approximate surface area is 141 Å². The van der Waals surface area contributed by atoms with Gasteiger partial charge in [-0.2, -0.15) is 0 Å². The molecule has 2 amide bonds. The van der Waals surface area contributed by atoms with Crippen LogP contribution in [-0.4, -0.2) is 32.3 Å². The molecule has 2 aromatic carbocycles. The number of nitrogens with one attached hydrogen (secondary N) is 1. The molecule has 2 aliphatic rings. The molecule has 4 rings (SSSR count). The predicted molar refractivity (Wildman–Crippen MR) is 96.2 cm³/mol. The summed E-state index contributed by atoms with van der Waals surface area (Å²) in [6.45, 7) is 1.81. The van der Waals surface area contributed by atoms with E-state index in [-0.39, 0.29) is 6.03 Å². The number of hydrogen-bond acceptors (Lipinski definition) is 3. The van der Waals surface area contributed by atoms with Crippen LogP contribution >= 0.6 is 0 Å². The first kappa shape index (κ1) is 14.9. The normalized spacial score (nSPS) is 18.8. The number of fused-ring (bicyclic) bond motifs is 3. The van der Waals surface area contributed by atoms with Crippen LogP contribution in [0.15, 0.2) is 48.5 Å². The van der Waals surface area contributed by atoms with Gasteiger partial charge in [-0.3, -0.25) is 4.90 Å². The molecule has 5 heteroatoms. The van der Waals surface area contributed by atoms with Gasteiger partial charge in [-0.15, -0.1) is 0 Å². The fraction of sp³-hybridized carbons (Fsp3) is 0.316. The highest BCUT2D eigenvalue weighted by molar-refractivity contribution is 6.04. The van der Waals surface area contributed by atoms with Gasteiger partial charge in [0.05, 0.1) is 18.5 Å². The van der Waals surface area contributed by atoms with Gasteiger partial charge in [-0.1, -0.05) is 18.2 Å². The molecule has 124 valence electrons. The molecule has 1 fully saturated rings. The molecule has 2 aromatic rings. The van der Waals surface area contributed by atoms with Crippen LogP contribution in [0.3, 0.4) is 0 Å². The van der Waals surface area contributed by atoms with Crippen molar-refractivity contribution in [2.75, 3.05) is 35.3 Å². The molecule has 0 radical (unpaired) electrons. The highest BCUT2D eigenvalue weighted by Gasteiger charge is 2.36. The van der Waals surface area contributed by atoms with E-state index in [0.717, 1.165) is 42.3 Å². The lowest BCUT2D eigenvalue weighted by Crippen LogP contribution is -2.49. The highest BCUT2D eigenvalue weighted by Crippen LogP contribution is 2.39. The molecule has 0 bridgehead atoms. The van der Waals surface area contributed by atoms with Crippen molar-refractivity contribution in [1.82, 2.24) is 0 Å². The van der Waals surface area contributed by atoms with Gasteiger partial charge >= 0.3 is 6.03 Å². The fourth-order valence-electron chi connectivity index (χ4n) is 3.67. The smallest absolute Gasteiger partial charge is 0.326 e. The summed E-state index contributed by atoms with van der Waals surface area (Å²) >= 11 is 0. The number of carbonyl (C=O) groups is 1. The summed E-state index contributed by atoms with van der Waals surface area (Å²) in [5.74, 6) is 0.730. The third kappa shape index (κ3) is 2.56. The number of methoxy groups -OCH3 is 1. The van der Waals surface area contributed by atoms with Gasteiger partial charge in [0.25, 0.3) is 0 Å². The Hall–Kier alpha value is -2.69. The van der Waals surface area contributed by atoms with E-state index in [1.54, 1.807) is 7.11 Å². The van der Waals surface area contributed by atoms with Crippen LogP contribution in [0.5, 0.6) is 5.75 Å². The van der Waals surface area contributed by atoms with Gasteiger partial charge < -0.3 is 15.0 Å². The zero-order valence-electron chi connectivity index (χ0n) is 13.7. The van der Waals surface area contributed by atoms with Gasteiger partial charge in [0, 0.05) is 30.9 Å². The molecular formula is C19H21N3O2. The topological polar surface area (TPSA) is 44.8 Å². The number of hydrogen-bond donors (Lipinski definition) is 1. The largest absolute Gasteiger partial charge is 0.497 e. The summed E-state index contributed by atoms with van der Waals surface area (Å²) < 4.78 is 5.22. The first-order valence-corrected chi connectivity index (χ1v) is 8.34. The SMILES string of the molecule is COc1cccc(NC(=O)N2CC3CCCN3c3ccccc32)c1. The Kier molecular flexibility index (Phi) is 3.76. The van der Waals surface area contributed by atoms with Crippen molar-refractivity contribution in [3.8, 4) is 5.75 Å². The molecule has 1 atom stereocenters. The van der Waals surface area contributed by atoms with Gasteiger partial charge in [0.2, 0.25) is 0 Å². The maximum absolute atomic E-state index is 12.9. The monoisotopic (exact) mass is 323 g/mol. The van der Waals surface area contributed by atoms with Crippen molar-refractivity contribution >= 4 is 23.1 Å². The number of amides is 2. The molecule has 2 heterocycles. The molecule has 0 saturated carbocycles. The van der Waals surface area contributed by atoms with E-state index in [9.17, 15) is 4.79 Å². The van der Waals surface area contributed by atoms with Crippen molar-refractivity contribution in [3.05, 3.63) is 48.5 Å². The lowest BCUT2D eigenvalue weighted by molar-refractivity contribution is 0.256. The third-order valence-electron chi connectivity index (χ3n) is 4.82. The molecular weight excluding hydrogens is 302 g/mol. The van der Waals surface area contributed by atoms with Crippen LogP contribution in [0.4, 0.5) is 21.9 Å². The zero-order chi connectivity index (χ0) is 16.5. The van der Waals surface area contributed by atoms with Crippen molar-refractivity contribution < 1.29 is 9.53 Å². The van der Waals surface area contributed by atoms with E-state index >= 15 is 0 Å². The molecule has 0 aromatic heterocycles. The first-order chi connectivity index (χ1) is 11.8. The summed E-state index contributed by atoms with van der Waals surface area (Å²) in [6.07, 6.45) is 2.32. The van der Waals surface area contributed by atoms with E-state index in [2.05, 4.69) is 16.3 Å². The van der Waals surface area contributed by atoms with E-state index in [4.69, 9.17) is 4.74 Å². The molecule has 1 saturated heterocycles.